The van der Waals surface area contributed by atoms with Crippen LogP contribution in [0.4, 0.5) is 5.69 Å². The van der Waals surface area contributed by atoms with Crippen LogP contribution < -0.4 is 4.90 Å². The van der Waals surface area contributed by atoms with E-state index in [0.29, 0.717) is 6.54 Å². The minimum Gasteiger partial charge on any atom is -0.327 e. The summed E-state index contributed by atoms with van der Waals surface area (Å²) in [5.41, 5.74) is 4.54. The van der Waals surface area contributed by atoms with Crippen molar-refractivity contribution in [2.45, 2.75) is 26.2 Å². The Bertz CT molecular complexity index is 956. The lowest BCUT2D eigenvalue weighted by Gasteiger charge is -2.18. The molecule has 4 rings (SSSR count). The molecule has 5 heteroatoms. The summed E-state index contributed by atoms with van der Waals surface area (Å²) in [6, 6.07) is 8.09. The minimum absolute atomic E-state index is 0.157. The maximum atomic E-state index is 12.7. The van der Waals surface area contributed by atoms with Crippen LogP contribution in [-0.2, 0) is 17.3 Å². The van der Waals surface area contributed by atoms with Crippen LogP contribution in [0.5, 0.6) is 0 Å². The van der Waals surface area contributed by atoms with Crippen LogP contribution in [0.25, 0.3) is 22.4 Å². The van der Waals surface area contributed by atoms with Crippen LogP contribution in [0.2, 0.25) is 0 Å². The van der Waals surface area contributed by atoms with E-state index in [0.717, 1.165) is 33.7 Å². The van der Waals surface area contributed by atoms with E-state index < -0.39 is 5.41 Å². The molecule has 5 nitrogen and oxygen atoms in total. The highest BCUT2D eigenvalue weighted by Gasteiger charge is 2.43. The van der Waals surface area contributed by atoms with Gasteiger partial charge in [-0.1, -0.05) is 0 Å². The Morgan fingerprint density at radius 1 is 1.17 bits per heavy atom. The van der Waals surface area contributed by atoms with Crippen LogP contribution in [-0.4, -0.2) is 27.0 Å². The molecule has 24 heavy (non-hydrogen) atoms. The highest BCUT2D eigenvalue weighted by atomic mass is 16.2. The first-order valence-corrected chi connectivity index (χ1v) is 8.18. The second kappa shape index (κ2) is 4.90. The molecular formula is C19H20N4O. The molecule has 0 fully saturated rings. The number of amides is 1. The third kappa shape index (κ3) is 1.84. The van der Waals surface area contributed by atoms with Gasteiger partial charge in [0.25, 0.3) is 0 Å². The number of aryl methyl sites for hydroxylation is 1. The monoisotopic (exact) mass is 320 g/mol. The average molecular weight is 320 g/mol. The molecule has 0 N–H and O–H groups in total. The second-order valence-electron chi connectivity index (χ2n) is 6.76. The fourth-order valence-corrected chi connectivity index (χ4v) is 3.59. The minimum atomic E-state index is -0.506. The molecule has 1 aliphatic heterocycles. The van der Waals surface area contributed by atoms with Gasteiger partial charge in [0.2, 0.25) is 5.91 Å². The Morgan fingerprint density at radius 2 is 1.88 bits per heavy atom. The lowest BCUT2D eigenvalue weighted by Crippen LogP contribution is -2.35. The predicted molar refractivity (Wildman–Crippen MR) is 95.0 cm³/mol. The van der Waals surface area contributed by atoms with E-state index in [-0.39, 0.29) is 5.91 Å². The van der Waals surface area contributed by atoms with Crippen molar-refractivity contribution >= 4 is 22.6 Å². The zero-order valence-electron chi connectivity index (χ0n) is 14.4. The molecule has 3 heterocycles. The van der Waals surface area contributed by atoms with Gasteiger partial charge in [0.1, 0.15) is 5.82 Å². The molecule has 0 unspecified atom stereocenters. The number of fused-ring (bicyclic) bond motifs is 2. The highest BCUT2D eigenvalue weighted by Crippen LogP contribution is 2.43. The molecule has 0 spiro atoms. The van der Waals surface area contributed by atoms with E-state index >= 15 is 0 Å². The Kier molecular flexibility index (Phi) is 3.04. The molecule has 2 aromatic heterocycles. The standard InChI is InChI=1S/C19H20N4O/c1-5-23-15-11-16-14(10-13(15)19(2,3)18(23)24)21-17(22(16)4)12-6-8-20-9-7-12/h6-11H,5H2,1-4H3. The van der Waals surface area contributed by atoms with Crippen LogP contribution in [0.3, 0.4) is 0 Å². The Hall–Kier alpha value is -2.69. The zero-order chi connectivity index (χ0) is 17.1. The molecule has 1 aliphatic rings. The van der Waals surface area contributed by atoms with Crippen molar-refractivity contribution in [3.63, 3.8) is 0 Å². The molecular weight excluding hydrogens is 300 g/mol. The van der Waals surface area contributed by atoms with Gasteiger partial charge in [-0.3, -0.25) is 9.78 Å². The van der Waals surface area contributed by atoms with Crippen molar-refractivity contribution in [2.24, 2.45) is 7.05 Å². The van der Waals surface area contributed by atoms with Gasteiger partial charge in [-0.2, -0.15) is 0 Å². The lowest BCUT2D eigenvalue weighted by atomic mass is 9.86. The quantitative estimate of drug-likeness (QED) is 0.728. The number of aromatic nitrogens is 3. The van der Waals surface area contributed by atoms with Gasteiger partial charge < -0.3 is 9.47 Å². The van der Waals surface area contributed by atoms with Crippen molar-refractivity contribution < 1.29 is 4.79 Å². The van der Waals surface area contributed by atoms with E-state index in [2.05, 4.69) is 21.7 Å². The number of hydrogen-bond acceptors (Lipinski definition) is 3. The number of pyridine rings is 1. The first kappa shape index (κ1) is 14.9. The number of carbonyl (C=O) groups excluding carboxylic acids is 1. The predicted octanol–water partition coefficient (Wildman–Crippen LogP) is 3.28. The number of nitrogens with zero attached hydrogens (tertiary/aromatic N) is 4. The molecule has 0 radical (unpaired) electrons. The number of carbonyl (C=O) groups is 1. The van der Waals surface area contributed by atoms with Crippen LogP contribution in [0.1, 0.15) is 26.3 Å². The van der Waals surface area contributed by atoms with E-state index in [9.17, 15) is 4.79 Å². The molecule has 0 bridgehead atoms. The third-order valence-corrected chi connectivity index (χ3v) is 5.00. The normalized spacial score (nSPS) is 16.0. The van der Waals surface area contributed by atoms with Crippen molar-refractivity contribution in [1.29, 1.82) is 0 Å². The summed E-state index contributed by atoms with van der Waals surface area (Å²) in [4.78, 5) is 23.4. The molecule has 0 aliphatic carbocycles. The number of benzene rings is 1. The highest BCUT2D eigenvalue weighted by molar-refractivity contribution is 6.09. The van der Waals surface area contributed by atoms with Crippen molar-refractivity contribution in [1.82, 2.24) is 14.5 Å². The summed E-state index contributed by atoms with van der Waals surface area (Å²) >= 11 is 0. The van der Waals surface area contributed by atoms with Gasteiger partial charge in [-0.05, 0) is 50.6 Å². The van der Waals surface area contributed by atoms with Gasteiger partial charge >= 0.3 is 0 Å². The summed E-state index contributed by atoms with van der Waals surface area (Å²) in [5.74, 6) is 1.06. The van der Waals surface area contributed by atoms with Gasteiger partial charge in [0.05, 0.1) is 22.1 Å². The van der Waals surface area contributed by atoms with Gasteiger partial charge in [0.15, 0.2) is 0 Å². The lowest BCUT2D eigenvalue weighted by molar-refractivity contribution is -0.122. The first-order chi connectivity index (χ1) is 11.4. The van der Waals surface area contributed by atoms with E-state index in [1.807, 2.05) is 44.9 Å². The maximum absolute atomic E-state index is 12.7. The summed E-state index contributed by atoms with van der Waals surface area (Å²) in [7, 11) is 2.01. The maximum Gasteiger partial charge on any atom is 0.237 e. The fraction of sp³-hybridized carbons (Fsp3) is 0.316. The smallest absolute Gasteiger partial charge is 0.237 e. The Morgan fingerprint density at radius 3 is 2.54 bits per heavy atom. The zero-order valence-corrected chi connectivity index (χ0v) is 14.4. The van der Waals surface area contributed by atoms with Crippen LogP contribution in [0, 0.1) is 0 Å². The van der Waals surface area contributed by atoms with Crippen molar-refractivity contribution in [3.05, 3.63) is 42.2 Å². The summed E-state index contributed by atoms with van der Waals surface area (Å²) in [5, 5.41) is 0. The van der Waals surface area contributed by atoms with E-state index in [4.69, 9.17) is 4.98 Å². The largest absolute Gasteiger partial charge is 0.327 e. The molecule has 122 valence electrons. The number of anilines is 1. The number of rotatable bonds is 2. The average Bonchev–Trinajstić information content (AvgIpc) is 3.00. The molecule has 0 atom stereocenters. The van der Waals surface area contributed by atoms with Gasteiger partial charge in [0, 0.05) is 31.5 Å². The second-order valence-corrected chi connectivity index (χ2v) is 6.76. The van der Waals surface area contributed by atoms with Crippen LogP contribution in [0.15, 0.2) is 36.7 Å². The SMILES string of the molecule is CCN1C(=O)C(C)(C)c2cc3nc(-c4ccncc4)n(C)c3cc21. The summed E-state index contributed by atoms with van der Waals surface area (Å²) < 4.78 is 2.08. The molecule has 0 saturated carbocycles. The number of imidazole rings is 1. The van der Waals surface area contributed by atoms with Crippen LogP contribution >= 0.6 is 0 Å². The van der Waals surface area contributed by atoms with Gasteiger partial charge in [-0.25, -0.2) is 4.98 Å². The fourth-order valence-electron chi connectivity index (χ4n) is 3.59. The number of hydrogen-bond donors (Lipinski definition) is 0. The summed E-state index contributed by atoms with van der Waals surface area (Å²) in [6.07, 6.45) is 3.55. The third-order valence-electron chi connectivity index (χ3n) is 5.00. The van der Waals surface area contributed by atoms with Crippen molar-refractivity contribution in [2.75, 3.05) is 11.4 Å². The molecule has 1 amide bonds. The van der Waals surface area contributed by atoms with E-state index in [1.54, 1.807) is 12.4 Å². The van der Waals surface area contributed by atoms with Gasteiger partial charge in [-0.15, -0.1) is 0 Å². The summed E-state index contributed by atoms with van der Waals surface area (Å²) in [6.45, 7) is 6.67. The topological polar surface area (TPSA) is 51.0 Å². The molecule has 0 saturated heterocycles. The Balaban J connectivity index is 1.98. The van der Waals surface area contributed by atoms with Crippen molar-refractivity contribution in [3.8, 4) is 11.4 Å². The molecule has 1 aromatic carbocycles. The Labute approximate surface area is 140 Å². The number of likely N-dealkylation sites (N-methyl/N-ethyl adjacent to an activating group) is 1. The van der Waals surface area contributed by atoms with E-state index in [1.165, 1.54) is 0 Å². The molecule has 3 aromatic rings. The first-order valence-electron chi connectivity index (χ1n) is 8.18.